The molecule has 0 aromatic heterocycles. The van der Waals surface area contributed by atoms with Gasteiger partial charge in [0, 0.05) is 18.9 Å². The van der Waals surface area contributed by atoms with E-state index in [4.69, 9.17) is 0 Å². The predicted molar refractivity (Wildman–Crippen MR) is 67.8 cm³/mol. The van der Waals surface area contributed by atoms with Gasteiger partial charge in [-0.2, -0.15) is 0 Å². The van der Waals surface area contributed by atoms with Crippen LogP contribution in [0.1, 0.15) is 44.9 Å². The molecule has 18 heavy (non-hydrogen) atoms. The van der Waals surface area contributed by atoms with E-state index in [1.807, 2.05) is 0 Å². The number of hydrogen-bond acceptors (Lipinski definition) is 3. The van der Waals surface area contributed by atoms with Gasteiger partial charge in [0.15, 0.2) is 0 Å². The van der Waals surface area contributed by atoms with Crippen molar-refractivity contribution >= 4 is 11.9 Å². The third kappa shape index (κ3) is 3.24. The topological polar surface area (TPSA) is 55.4 Å². The van der Waals surface area contributed by atoms with Crippen LogP contribution in [0, 0.1) is 17.8 Å². The number of ether oxygens (including phenoxy) is 1. The van der Waals surface area contributed by atoms with Crippen LogP contribution in [0.2, 0.25) is 0 Å². The summed E-state index contributed by atoms with van der Waals surface area (Å²) >= 11 is 0. The Kier molecular flexibility index (Phi) is 4.61. The van der Waals surface area contributed by atoms with Crippen molar-refractivity contribution in [1.29, 1.82) is 0 Å². The molecule has 1 N–H and O–H groups in total. The summed E-state index contributed by atoms with van der Waals surface area (Å²) in [5.74, 6) is 1.84. The quantitative estimate of drug-likeness (QED) is 0.557. The molecule has 4 heteroatoms. The number of carbonyl (C=O) groups is 2. The lowest BCUT2D eigenvalue weighted by Crippen LogP contribution is -2.27. The molecule has 2 saturated carbocycles. The predicted octanol–water partition coefficient (Wildman–Crippen LogP) is 1.88. The van der Waals surface area contributed by atoms with Gasteiger partial charge in [-0.25, -0.2) is 0 Å². The first-order valence-corrected chi connectivity index (χ1v) is 7.08. The van der Waals surface area contributed by atoms with Crippen LogP contribution in [0.5, 0.6) is 0 Å². The minimum atomic E-state index is -0.148. The van der Waals surface area contributed by atoms with Crippen molar-refractivity contribution < 1.29 is 14.3 Å². The summed E-state index contributed by atoms with van der Waals surface area (Å²) in [5, 5.41) is 3.02. The van der Waals surface area contributed by atoms with E-state index in [-0.39, 0.29) is 11.9 Å². The van der Waals surface area contributed by atoms with Gasteiger partial charge in [-0.05, 0) is 37.5 Å². The van der Waals surface area contributed by atoms with Crippen molar-refractivity contribution in [2.75, 3.05) is 13.7 Å². The smallest absolute Gasteiger partial charge is 0.305 e. The van der Waals surface area contributed by atoms with E-state index in [0.29, 0.717) is 24.2 Å². The maximum Gasteiger partial charge on any atom is 0.305 e. The Balaban J connectivity index is 1.46. The molecule has 102 valence electrons. The average molecular weight is 253 g/mol. The normalized spacial score (nSPS) is 28.6. The summed E-state index contributed by atoms with van der Waals surface area (Å²) in [7, 11) is 1.41. The van der Waals surface area contributed by atoms with Crippen LogP contribution < -0.4 is 5.32 Å². The Morgan fingerprint density at radius 2 is 1.89 bits per heavy atom. The summed E-state index contributed by atoms with van der Waals surface area (Å²) in [6.45, 7) is 0.746. The van der Waals surface area contributed by atoms with Gasteiger partial charge in [-0.1, -0.05) is 12.8 Å². The van der Waals surface area contributed by atoms with E-state index in [2.05, 4.69) is 10.1 Å². The van der Waals surface area contributed by atoms with Crippen molar-refractivity contribution in [2.45, 2.75) is 44.9 Å². The van der Waals surface area contributed by atoms with E-state index in [9.17, 15) is 9.59 Å². The van der Waals surface area contributed by atoms with Crippen LogP contribution >= 0.6 is 0 Å². The van der Waals surface area contributed by atoms with Gasteiger partial charge in [0.25, 0.3) is 0 Å². The van der Waals surface area contributed by atoms with E-state index in [1.165, 1.54) is 26.4 Å². The molecule has 0 heterocycles. The molecule has 0 aromatic carbocycles. The number of esters is 1. The highest BCUT2D eigenvalue weighted by Crippen LogP contribution is 2.57. The molecule has 1 amide bonds. The minimum Gasteiger partial charge on any atom is -0.469 e. The van der Waals surface area contributed by atoms with Gasteiger partial charge in [-0.3, -0.25) is 9.59 Å². The van der Waals surface area contributed by atoms with Gasteiger partial charge in [0.05, 0.1) is 7.11 Å². The van der Waals surface area contributed by atoms with Crippen molar-refractivity contribution in [3.63, 3.8) is 0 Å². The lowest BCUT2D eigenvalue weighted by Gasteiger charge is -2.06. The van der Waals surface area contributed by atoms with Crippen LogP contribution in [0.15, 0.2) is 0 Å². The SMILES string of the molecule is COC(=O)CCCCCNC(=O)C1C2CCCC21. The molecule has 2 rings (SSSR count). The monoisotopic (exact) mass is 253 g/mol. The van der Waals surface area contributed by atoms with Gasteiger partial charge in [0.1, 0.15) is 0 Å². The highest BCUT2D eigenvalue weighted by molar-refractivity contribution is 5.82. The number of unbranched alkanes of at least 4 members (excludes halogenated alkanes) is 2. The fraction of sp³-hybridized carbons (Fsp3) is 0.857. The number of hydrogen-bond donors (Lipinski definition) is 1. The number of rotatable bonds is 7. The maximum absolute atomic E-state index is 11.8. The zero-order valence-corrected chi connectivity index (χ0v) is 11.1. The molecule has 2 aliphatic carbocycles. The van der Waals surface area contributed by atoms with Crippen LogP contribution in [0.4, 0.5) is 0 Å². The van der Waals surface area contributed by atoms with E-state index in [0.717, 1.165) is 25.8 Å². The summed E-state index contributed by atoms with van der Waals surface area (Å²) in [4.78, 5) is 22.7. The number of methoxy groups -OCH3 is 1. The minimum absolute atomic E-state index is 0.148. The second-order valence-electron chi connectivity index (χ2n) is 5.46. The van der Waals surface area contributed by atoms with Gasteiger partial charge in [0.2, 0.25) is 5.91 Å². The van der Waals surface area contributed by atoms with Crippen molar-refractivity contribution in [1.82, 2.24) is 5.32 Å². The fourth-order valence-corrected chi connectivity index (χ4v) is 3.21. The number of nitrogens with one attached hydrogen (secondary N) is 1. The third-order valence-corrected chi connectivity index (χ3v) is 4.29. The molecular formula is C14H23NO3. The summed E-state index contributed by atoms with van der Waals surface area (Å²) < 4.78 is 4.57. The first-order valence-electron chi connectivity index (χ1n) is 7.08. The molecule has 0 radical (unpaired) electrons. The standard InChI is InChI=1S/C14H23NO3/c1-18-12(16)8-3-2-4-9-15-14(17)13-10-6-5-7-11(10)13/h10-11,13H,2-9H2,1H3,(H,15,17). The molecule has 4 nitrogen and oxygen atoms in total. The highest BCUT2D eigenvalue weighted by atomic mass is 16.5. The first kappa shape index (κ1) is 13.4. The number of amides is 1. The Morgan fingerprint density at radius 3 is 2.56 bits per heavy atom. The van der Waals surface area contributed by atoms with Crippen LogP contribution in [0.3, 0.4) is 0 Å². The molecule has 2 fully saturated rings. The molecule has 0 aromatic rings. The largest absolute Gasteiger partial charge is 0.469 e. The Morgan fingerprint density at radius 1 is 1.17 bits per heavy atom. The second-order valence-corrected chi connectivity index (χ2v) is 5.46. The van der Waals surface area contributed by atoms with Crippen molar-refractivity contribution in [2.24, 2.45) is 17.8 Å². The van der Waals surface area contributed by atoms with Crippen molar-refractivity contribution in [3.05, 3.63) is 0 Å². The van der Waals surface area contributed by atoms with Gasteiger partial charge >= 0.3 is 5.97 Å². The van der Waals surface area contributed by atoms with Crippen LogP contribution in [-0.4, -0.2) is 25.5 Å². The molecule has 2 unspecified atom stereocenters. The molecule has 0 spiro atoms. The van der Waals surface area contributed by atoms with Crippen LogP contribution in [0.25, 0.3) is 0 Å². The lowest BCUT2D eigenvalue weighted by molar-refractivity contribution is -0.140. The van der Waals surface area contributed by atoms with Gasteiger partial charge in [-0.15, -0.1) is 0 Å². The molecule has 2 atom stereocenters. The Bertz CT molecular complexity index is 306. The molecule has 2 aliphatic rings. The average Bonchev–Trinajstić information content (AvgIpc) is 2.86. The van der Waals surface area contributed by atoms with E-state index in [1.54, 1.807) is 0 Å². The lowest BCUT2D eigenvalue weighted by atomic mass is 10.1. The maximum atomic E-state index is 11.8. The summed E-state index contributed by atoms with van der Waals surface area (Å²) in [6, 6.07) is 0. The Hall–Kier alpha value is -1.06. The summed E-state index contributed by atoms with van der Waals surface area (Å²) in [6.07, 6.45) is 7.06. The number of carbonyl (C=O) groups excluding carboxylic acids is 2. The summed E-state index contributed by atoms with van der Waals surface area (Å²) in [5.41, 5.74) is 0. The van der Waals surface area contributed by atoms with Crippen LogP contribution in [-0.2, 0) is 14.3 Å². The highest BCUT2D eigenvalue weighted by Gasteiger charge is 2.56. The fourth-order valence-electron chi connectivity index (χ4n) is 3.21. The Labute approximate surface area is 108 Å². The van der Waals surface area contributed by atoms with Gasteiger partial charge < -0.3 is 10.1 Å². The first-order chi connectivity index (χ1) is 8.74. The molecular weight excluding hydrogens is 230 g/mol. The zero-order chi connectivity index (χ0) is 13.0. The zero-order valence-electron chi connectivity index (χ0n) is 11.1. The third-order valence-electron chi connectivity index (χ3n) is 4.29. The van der Waals surface area contributed by atoms with E-state index < -0.39 is 0 Å². The van der Waals surface area contributed by atoms with Crippen molar-refractivity contribution in [3.8, 4) is 0 Å². The molecule has 0 aliphatic heterocycles. The molecule has 0 saturated heterocycles. The number of fused-ring (bicyclic) bond motifs is 1. The molecule has 0 bridgehead atoms. The van der Waals surface area contributed by atoms with E-state index >= 15 is 0 Å². The second kappa shape index (κ2) is 6.21.